The lowest BCUT2D eigenvalue weighted by atomic mass is 9.78. The maximum atomic E-state index is 12.6. The number of carbonyl (C=O) groups is 1. The molecule has 4 rings (SSSR count). The van der Waals surface area contributed by atoms with Gasteiger partial charge in [0.05, 0.1) is 5.60 Å². The highest BCUT2D eigenvalue weighted by Gasteiger charge is 2.46. The maximum absolute atomic E-state index is 12.6. The van der Waals surface area contributed by atoms with Gasteiger partial charge in [-0.3, -0.25) is 4.79 Å². The van der Waals surface area contributed by atoms with Gasteiger partial charge in [-0.15, -0.1) is 0 Å². The number of rotatable bonds is 6. The lowest BCUT2D eigenvalue weighted by Crippen LogP contribution is -2.49. The molecule has 0 bridgehead atoms. The Bertz CT molecular complexity index is 489. The molecule has 24 heavy (non-hydrogen) atoms. The lowest BCUT2D eigenvalue weighted by molar-refractivity contribution is -0.133. The van der Waals surface area contributed by atoms with Crippen LogP contribution in [0.1, 0.15) is 57.8 Å². The van der Waals surface area contributed by atoms with Crippen LogP contribution >= 0.6 is 0 Å². The summed E-state index contributed by atoms with van der Waals surface area (Å²) in [6.07, 6.45) is 12.3. The minimum Gasteiger partial charge on any atom is -0.381 e. The smallest absolute Gasteiger partial charge is 0.249 e. The van der Waals surface area contributed by atoms with Crippen LogP contribution in [0.4, 0.5) is 0 Å². The highest BCUT2D eigenvalue weighted by atomic mass is 16.5. The molecule has 4 nitrogen and oxygen atoms in total. The minimum absolute atomic E-state index is 0.0176. The standard InChI is InChI=1S/C20H31NO3/c22-19(17-3-1-2-4-17)21-11-9-20(10-12-21)18(8-14-24-20)7-13-23-15-16-5-6-16/h3,16,18H,1-2,4-15H2. The van der Waals surface area contributed by atoms with E-state index in [0.29, 0.717) is 5.92 Å². The summed E-state index contributed by atoms with van der Waals surface area (Å²) < 4.78 is 12.1. The summed E-state index contributed by atoms with van der Waals surface area (Å²) in [5, 5.41) is 0. The Hall–Kier alpha value is -0.870. The van der Waals surface area contributed by atoms with Crippen molar-refractivity contribution >= 4 is 5.91 Å². The van der Waals surface area contributed by atoms with E-state index in [0.717, 1.165) is 89.3 Å². The molecule has 0 aromatic rings. The number of hydrogen-bond acceptors (Lipinski definition) is 3. The molecule has 0 radical (unpaired) electrons. The molecular weight excluding hydrogens is 302 g/mol. The van der Waals surface area contributed by atoms with Gasteiger partial charge in [-0.2, -0.15) is 0 Å². The van der Waals surface area contributed by atoms with Gasteiger partial charge in [-0.25, -0.2) is 0 Å². The first kappa shape index (κ1) is 16.6. The van der Waals surface area contributed by atoms with E-state index in [2.05, 4.69) is 11.0 Å². The molecule has 3 fully saturated rings. The number of likely N-dealkylation sites (tertiary alicyclic amines) is 1. The predicted molar refractivity (Wildman–Crippen MR) is 92.7 cm³/mol. The van der Waals surface area contributed by atoms with Crippen LogP contribution in [0.25, 0.3) is 0 Å². The van der Waals surface area contributed by atoms with E-state index in [1.807, 2.05) is 0 Å². The largest absolute Gasteiger partial charge is 0.381 e. The molecule has 2 heterocycles. The number of piperidine rings is 1. The summed E-state index contributed by atoms with van der Waals surface area (Å²) in [4.78, 5) is 14.6. The number of allylic oxidation sites excluding steroid dienone is 1. The summed E-state index contributed by atoms with van der Waals surface area (Å²) >= 11 is 0. The first-order chi connectivity index (χ1) is 11.8. The molecular formula is C20H31NO3. The molecule has 1 spiro atoms. The topological polar surface area (TPSA) is 38.8 Å². The van der Waals surface area contributed by atoms with Crippen molar-refractivity contribution in [3.05, 3.63) is 11.6 Å². The van der Waals surface area contributed by atoms with Crippen LogP contribution in [0.5, 0.6) is 0 Å². The summed E-state index contributed by atoms with van der Waals surface area (Å²) in [5.41, 5.74) is 1.06. The van der Waals surface area contributed by atoms with E-state index in [1.54, 1.807) is 0 Å². The number of hydrogen-bond donors (Lipinski definition) is 0. The van der Waals surface area contributed by atoms with Crippen LogP contribution in [0.2, 0.25) is 0 Å². The van der Waals surface area contributed by atoms with Crippen molar-refractivity contribution in [3.63, 3.8) is 0 Å². The van der Waals surface area contributed by atoms with E-state index in [4.69, 9.17) is 9.47 Å². The lowest BCUT2D eigenvalue weighted by Gasteiger charge is -2.42. The first-order valence-corrected chi connectivity index (χ1v) is 9.97. The van der Waals surface area contributed by atoms with Gasteiger partial charge in [0.15, 0.2) is 0 Å². The molecule has 2 aliphatic heterocycles. The zero-order valence-corrected chi connectivity index (χ0v) is 14.8. The zero-order valence-electron chi connectivity index (χ0n) is 14.8. The number of carbonyl (C=O) groups excluding carboxylic acids is 1. The van der Waals surface area contributed by atoms with E-state index in [1.165, 1.54) is 12.8 Å². The van der Waals surface area contributed by atoms with Gasteiger partial charge in [-0.05, 0) is 69.6 Å². The number of amides is 1. The second-order valence-corrected chi connectivity index (χ2v) is 8.12. The first-order valence-electron chi connectivity index (χ1n) is 9.97. The molecule has 2 saturated heterocycles. The molecule has 1 atom stereocenters. The van der Waals surface area contributed by atoms with E-state index in [9.17, 15) is 4.79 Å². The van der Waals surface area contributed by atoms with Crippen LogP contribution in [0.3, 0.4) is 0 Å². The van der Waals surface area contributed by atoms with Gasteiger partial charge in [0.1, 0.15) is 0 Å². The Labute approximate surface area is 145 Å². The summed E-state index contributed by atoms with van der Waals surface area (Å²) in [6, 6.07) is 0. The van der Waals surface area contributed by atoms with Crippen molar-refractivity contribution in [1.29, 1.82) is 0 Å². The quantitative estimate of drug-likeness (QED) is 0.700. The van der Waals surface area contributed by atoms with Gasteiger partial charge in [-0.1, -0.05) is 6.08 Å². The Balaban J connectivity index is 1.26. The van der Waals surface area contributed by atoms with Gasteiger partial charge in [0, 0.05) is 38.5 Å². The molecule has 4 aliphatic rings. The number of ether oxygens (including phenoxy) is 2. The Morgan fingerprint density at radius 1 is 1.29 bits per heavy atom. The molecule has 4 heteroatoms. The molecule has 2 aliphatic carbocycles. The minimum atomic E-state index is 0.0176. The fourth-order valence-electron chi connectivity index (χ4n) is 4.66. The van der Waals surface area contributed by atoms with Crippen LogP contribution < -0.4 is 0 Å². The molecule has 0 aromatic carbocycles. The molecule has 0 aromatic heterocycles. The Morgan fingerprint density at radius 2 is 2.12 bits per heavy atom. The average Bonchev–Trinajstić information content (AvgIpc) is 3.11. The monoisotopic (exact) mass is 333 g/mol. The normalized spacial score (nSPS) is 29.2. The summed E-state index contributed by atoms with van der Waals surface area (Å²) in [5.74, 6) is 1.74. The van der Waals surface area contributed by atoms with Gasteiger partial charge < -0.3 is 14.4 Å². The SMILES string of the molecule is O=C(C1=CCCC1)N1CCC2(CC1)OCCC2CCOCC1CC1. The highest BCUT2D eigenvalue weighted by Crippen LogP contribution is 2.42. The second-order valence-electron chi connectivity index (χ2n) is 8.12. The number of nitrogens with zero attached hydrogens (tertiary/aromatic N) is 1. The maximum Gasteiger partial charge on any atom is 0.249 e. The average molecular weight is 333 g/mol. The summed E-state index contributed by atoms with van der Waals surface area (Å²) in [7, 11) is 0. The van der Waals surface area contributed by atoms with Crippen LogP contribution in [-0.2, 0) is 14.3 Å². The highest BCUT2D eigenvalue weighted by molar-refractivity contribution is 5.93. The van der Waals surface area contributed by atoms with Gasteiger partial charge in [0.25, 0.3) is 0 Å². The van der Waals surface area contributed by atoms with E-state index < -0.39 is 0 Å². The van der Waals surface area contributed by atoms with Crippen LogP contribution in [0, 0.1) is 11.8 Å². The third-order valence-corrected chi connectivity index (χ3v) is 6.47. The molecule has 0 N–H and O–H groups in total. The van der Waals surface area contributed by atoms with Crippen molar-refractivity contribution in [3.8, 4) is 0 Å². The second kappa shape index (κ2) is 7.17. The van der Waals surface area contributed by atoms with Crippen molar-refractivity contribution in [2.75, 3.05) is 32.9 Å². The van der Waals surface area contributed by atoms with Crippen LogP contribution in [-0.4, -0.2) is 49.3 Å². The Kier molecular flexibility index (Phi) is 4.95. The van der Waals surface area contributed by atoms with Crippen molar-refractivity contribution in [2.45, 2.75) is 63.4 Å². The summed E-state index contributed by atoms with van der Waals surface area (Å²) in [6.45, 7) is 4.43. The predicted octanol–water partition coefficient (Wildman–Crippen LogP) is 3.31. The Morgan fingerprint density at radius 3 is 2.83 bits per heavy atom. The van der Waals surface area contributed by atoms with Crippen molar-refractivity contribution < 1.29 is 14.3 Å². The van der Waals surface area contributed by atoms with Gasteiger partial charge >= 0.3 is 0 Å². The van der Waals surface area contributed by atoms with Crippen molar-refractivity contribution in [1.82, 2.24) is 4.90 Å². The molecule has 1 saturated carbocycles. The molecule has 1 amide bonds. The van der Waals surface area contributed by atoms with E-state index in [-0.39, 0.29) is 11.5 Å². The van der Waals surface area contributed by atoms with Crippen LogP contribution in [0.15, 0.2) is 11.6 Å². The zero-order chi connectivity index (χ0) is 16.4. The van der Waals surface area contributed by atoms with Crippen molar-refractivity contribution in [2.24, 2.45) is 11.8 Å². The fourth-order valence-corrected chi connectivity index (χ4v) is 4.66. The third kappa shape index (κ3) is 3.55. The van der Waals surface area contributed by atoms with Gasteiger partial charge in [0.2, 0.25) is 5.91 Å². The molecule has 134 valence electrons. The fraction of sp³-hybridized carbons (Fsp3) is 0.850. The molecule has 1 unspecified atom stereocenters. The van der Waals surface area contributed by atoms with E-state index >= 15 is 0 Å². The third-order valence-electron chi connectivity index (χ3n) is 6.47.